The van der Waals surface area contributed by atoms with Crippen LogP contribution in [0.1, 0.15) is 23.2 Å². The maximum atomic E-state index is 13.3. The Labute approximate surface area is 235 Å². The minimum absolute atomic E-state index is 0.000165. The standard InChI is InChI=1S/C28H32N6O7/c29-20(13-19-15-30-16-31-19)25(37)32-22(14-24(35)36)27(39)33-21(11-17-7-3-1-4-8-17)26(38)34-23(28(40)41)12-18-9-5-2-6-10-18/h1-10,15-16,20-23H,11-14,29H2,(H,30,31)(H,32,37)(H,33,39)(H,34,38)(H,35,36)(H,40,41). The second kappa shape index (κ2) is 14.9. The molecular formula is C28H32N6O7. The molecule has 2 aromatic carbocycles. The van der Waals surface area contributed by atoms with Crippen LogP contribution >= 0.6 is 0 Å². The molecule has 3 rings (SSSR count). The number of imidazole rings is 1. The van der Waals surface area contributed by atoms with Crippen molar-refractivity contribution in [3.63, 3.8) is 0 Å². The van der Waals surface area contributed by atoms with Crippen molar-refractivity contribution in [1.82, 2.24) is 25.9 Å². The van der Waals surface area contributed by atoms with Crippen molar-refractivity contribution >= 4 is 29.7 Å². The summed E-state index contributed by atoms with van der Waals surface area (Å²) in [5.41, 5.74) is 7.83. The number of nitrogens with two attached hydrogens (primary N) is 1. The minimum Gasteiger partial charge on any atom is -0.481 e. The summed E-state index contributed by atoms with van der Waals surface area (Å²) in [6.45, 7) is 0. The number of nitrogens with zero attached hydrogens (tertiary/aromatic N) is 1. The highest BCUT2D eigenvalue weighted by molar-refractivity contribution is 5.95. The van der Waals surface area contributed by atoms with E-state index in [4.69, 9.17) is 5.73 Å². The van der Waals surface area contributed by atoms with Gasteiger partial charge in [-0.1, -0.05) is 60.7 Å². The van der Waals surface area contributed by atoms with E-state index in [-0.39, 0.29) is 19.3 Å². The first kappa shape index (κ1) is 30.5. The number of amides is 3. The maximum absolute atomic E-state index is 13.3. The molecule has 216 valence electrons. The maximum Gasteiger partial charge on any atom is 0.326 e. The van der Waals surface area contributed by atoms with Crippen molar-refractivity contribution in [2.24, 2.45) is 5.73 Å². The predicted octanol–water partition coefficient (Wildman–Crippen LogP) is -0.221. The lowest BCUT2D eigenvalue weighted by molar-refractivity contribution is -0.143. The van der Waals surface area contributed by atoms with E-state index in [2.05, 4.69) is 25.9 Å². The van der Waals surface area contributed by atoms with Gasteiger partial charge in [0.2, 0.25) is 17.7 Å². The highest BCUT2D eigenvalue weighted by atomic mass is 16.4. The van der Waals surface area contributed by atoms with Gasteiger partial charge in [-0.05, 0) is 11.1 Å². The van der Waals surface area contributed by atoms with Gasteiger partial charge in [0.25, 0.3) is 0 Å². The summed E-state index contributed by atoms with van der Waals surface area (Å²) < 4.78 is 0. The Morgan fingerprint density at radius 2 is 1.24 bits per heavy atom. The first-order chi connectivity index (χ1) is 19.6. The number of nitrogens with one attached hydrogen (secondary N) is 4. The average Bonchev–Trinajstić information content (AvgIpc) is 3.45. The predicted molar refractivity (Wildman–Crippen MR) is 146 cm³/mol. The van der Waals surface area contributed by atoms with Crippen LogP contribution < -0.4 is 21.7 Å². The number of carbonyl (C=O) groups excluding carboxylic acids is 3. The number of hydrogen-bond acceptors (Lipinski definition) is 7. The number of aromatic nitrogens is 2. The summed E-state index contributed by atoms with van der Waals surface area (Å²) in [5, 5.41) is 26.4. The van der Waals surface area contributed by atoms with Crippen LogP contribution in [0.2, 0.25) is 0 Å². The second-order valence-electron chi connectivity index (χ2n) is 9.39. The zero-order valence-corrected chi connectivity index (χ0v) is 22.0. The summed E-state index contributed by atoms with van der Waals surface area (Å²) in [6.07, 6.45) is 2.14. The van der Waals surface area contributed by atoms with Gasteiger partial charge in [0.15, 0.2) is 0 Å². The molecule has 1 aromatic heterocycles. The summed E-state index contributed by atoms with van der Waals surface area (Å²) in [6, 6.07) is 12.1. The number of carboxylic acids is 2. The van der Waals surface area contributed by atoms with E-state index < -0.39 is 60.2 Å². The molecule has 0 bridgehead atoms. The van der Waals surface area contributed by atoms with Gasteiger partial charge in [0.05, 0.1) is 18.8 Å². The highest BCUT2D eigenvalue weighted by Gasteiger charge is 2.32. The zero-order valence-electron chi connectivity index (χ0n) is 22.0. The van der Waals surface area contributed by atoms with Crippen LogP contribution in [-0.2, 0) is 43.2 Å². The number of carboxylic acid groups (broad SMARTS) is 2. The molecule has 1 heterocycles. The van der Waals surface area contributed by atoms with Crippen LogP contribution in [0.3, 0.4) is 0 Å². The Balaban J connectivity index is 1.76. The molecule has 3 amide bonds. The van der Waals surface area contributed by atoms with E-state index in [1.807, 2.05) is 0 Å². The van der Waals surface area contributed by atoms with Crippen molar-refractivity contribution in [3.8, 4) is 0 Å². The van der Waals surface area contributed by atoms with E-state index in [0.29, 0.717) is 16.8 Å². The van der Waals surface area contributed by atoms with Crippen molar-refractivity contribution in [2.45, 2.75) is 49.9 Å². The molecule has 0 spiro atoms. The molecule has 13 heteroatoms. The van der Waals surface area contributed by atoms with Crippen LogP contribution in [0.5, 0.6) is 0 Å². The summed E-state index contributed by atoms with van der Waals surface area (Å²) in [7, 11) is 0. The van der Waals surface area contributed by atoms with Gasteiger partial charge in [0.1, 0.15) is 18.1 Å². The average molecular weight is 565 g/mol. The second-order valence-corrected chi connectivity index (χ2v) is 9.39. The molecule has 0 aliphatic heterocycles. The van der Waals surface area contributed by atoms with E-state index in [9.17, 15) is 34.2 Å². The Kier molecular flexibility index (Phi) is 11.1. The molecule has 4 unspecified atom stereocenters. The van der Waals surface area contributed by atoms with Gasteiger partial charge in [-0.3, -0.25) is 19.2 Å². The summed E-state index contributed by atoms with van der Waals surface area (Å²) >= 11 is 0. The molecule has 0 saturated carbocycles. The van der Waals surface area contributed by atoms with Crippen LogP contribution in [0.4, 0.5) is 0 Å². The smallest absolute Gasteiger partial charge is 0.326 e. The molecule has 41 heavy (non-hydrogen) atoms. The molecule has 0 radical (unpaired) electrons. The van der Waals surface area contributed by atoms with Gasteiger partial charge in [-0.15, -0.1) is 0 Å². The first-order valence-electron chi connectivity index (χ1n) is 12.8. The number of rotatable bonds is 15. The van der Waals surface area contributed by atoms with Crippen LogP contribution in [0, 0.1) is 0 Å². The molecule has 3 aromatic rings. The third-order valence-electron chi connectivity index (χ3n) is 6.16. The van der Waals surface area contributed by atoms with Crippen LogP contribution in [-0.4, -0.2) is 74.0 Å². The molecule has 0 fully saturated rings. The Hall–Kier alpha value is -5.04. The number of aliphatic carboxylic acids is 2. The lowest BCUT2D eigenvalue weighted by atomic mass is 10.0. The number of carbonyl (C=O) groups is 5. The van der Waals surface area contributed by atoms with Crippen molar-refractivity contribution in [1.29, 1.82) is 0 Å². The van der Waals surface area contributed by atoms with Gasteiger partial charge in [-0.25, -0.2) is 9.78 Å². The fourth-order valence-electron chi connectivity index (χ4n) is 4.04. The third kappa shape index (κ3) is 9.89. The topological polar surface area (TPSA) is 217 Å². The Morgan fingerprint density at radius 3 is 1.76 bits per heavy atom. The number of hydrogen-bond donors (Lipinski definition) is 7. The molecule has 8 N–H and O–H groups in total. The quantitative estimate of drug-likeness (QED) is 0.130. The number of benzene rings is 2. The first-order valence-corrected chi connectivity index (χ1v) is 12.8. The van der Waals surface area contributed by atoms with Crippen molar-refractivity contribution in [3.05, 3.63) is 90.0 Å². The van der Waals surface area contributed by atoms with Crippen molar-refractivity contribution in [2.75, 3.05) is 0 Å². The van der Waals surface area contributed by atoms with Crippen molar-refractivity contribution < 1.29 is 34.2 Å². The SMILES string of the molecule is NC(Cc1cnc[nH]1)C(=O)NC(CC(=O)O)C(=O)NC(Cc1ccccc1)C(=O)NC(Cc1ccccc1)C(=O)O. The Bertz CT molecular complexity index is 1320. The number of H-pyrrole nitrogens is 1. The van der Waals surface area contributed by atoms with Crippen LogP contribution in [0.25, 0.3) is 0 Å². The van der Waals surface area contributed by atoms with E-state index in [1.54, 1.807) is 60.7 Å². The summed E-state index contributed by atoms with van der Waals surface area (Å²) in [4.78, 5) is 69.3. The fourth-order valence-corrected chi connectivity index (χ4v) is 4.04. The monoisotopic (exact) mass is 564 g/mol. The van der Waals surface area contributed by atoms with E-state index in [1.165, 1.54) is 12.5 Å². The Morgan fingerprint density at radius 1 is 0.732 bits per heavy atom. The van der Waals surface area contributed by atoms with Gasteiger partial charge < -0.3 is 36.9 Å². The molecule has 13 nitrogen and oxygen atoms in total. The highest BCUT2D eigenvalue weighted by Crippen LogP contribution is 2.08. The normalized spacial score (nSPS) is 13.7. The van der Waals surface area contributed by atoms with E-state index in [0.717, 1.165) is 0 Å². The lowest BCUT2D eigenvalue weighted by Gasteiger charge is -2.25. The molecule has 0 aliphatic carbocycles. The van der Waals surface area contributed by atoms with Gasteiger partial charge in [-0.2, -0.15) is 0 Å². The largest absolute Gasteiger partial charge is 0.481 e. The van der Waals surface area contributed by atoms with Gasteiger partial charge >= 0.3 is 11.9 Å². The number of aromatic amines is 1. The molecule has 0 saturated heterocycles. The molecule has 4 atom stereocenters. The fraction of sp³-hybridized carbons (Fsp3) is 0.286. The van der Waals surface area contributed by atoms with E-state index >= 15 is 0 Å². The zero-order chi connectivity index (χ0) is 29.8. The molecular weight excluding hydrogens is 532 g/mol. The molecule has 0 aliphatic rings. The lowest BCUT2D eigenvalue weighted by Crippen LogP contribution is -2.58. The third-order valence-corrected chi connectivity index (χ3v) is 6.16. The van der Waals surface area contributed by atoms with Crippen LogP contribution in [0.15, 0.2) is 73.2 Å². The minimum atomic E-state index is -1.56. The summed E-state index contributed by atoms with van der Waals surface area (Å²) in [5.74, 6) is -5.15. The van der Waals surface area contributed by atoms with Gasteiger partial charge in [0, 0.05) is 31.2 Å².